The van der Waals surface area contributed by atoms with Crippen LogP contribution in [0.25, 0.3) is 0 Å². The molecule has 0 aromatic carbocycles. The van der Waals surface area contributed by atoms with E-state index < -0.39 is 47.6 Å². The van der Waals surface area contributed by atoms with E-state index in [2.05, 4.69) is 6.58 Å². The minimum Gasteiger partial charge on any atom is -0.480 e. The van der Waals surface area contributed by atoms with Gasteiger partial charge in [0, 0.05) is 23.1 Å². The summed E-state index contributed by atoms with van der Waals surface area (Å²) in [6.45, 7) is 10.3. The van der Waals surface area contributed by atoms with Gasteiger partial charge in [0.25, 0.3) is 0 Å². The molecule has 27 heavy (non-hydrogen) atoms. The third-order valence-corrected chi connectivity index (χ3v) is 5.72. The average molecular weight is 376 g/mol. The van der Waals surface area contributed by atoms with Crippen LogP contribution in [0.2, 0.25) is 0 Å². The molecule has 0 aromatic heterocycles. The molecule has 2 bridgehead atoms. The fourth-order valence-electron chi connectivity index (χ4n) is 3.74. The number of ether oxygens (including phenoxy) is 3. The van der Waals surface area contributed by atoms with Crippen LogP contribution in [0, 0.1) is 11.8 Å². The van der Waals surface area contributed by atoms with Crippen molar-refractivity contribution in [1.29, 1.82) is 0 Å². The minimum absolute atomic E-state index is 0.116. The van der Waals surface area contributed by atoms with E-state index in [0.717, 1.165) is 0 Å². The van der Waals surface area contributed by atoms with Crippen molar-refractivity contribution in [3.8, 4) is 0 Å². The summed E-state index contributed by atoms with van der Waals surface area (Å²) in [7, 11) is 0. The van der Waals surface area contributed by atoms with Gasteiger partial charge in [-0.2, -0.15) is 0 Å². The van der Waals surface area contributed by atoms with E-state index in [1.807, 2.05) is 6.92 Å². The first kappa shape index (κ1) is 19.4. The van der Waals surface area contributed by atoms with E-state index in [-0.39, 0.29) is 11.5 Å². The van der Waals surface area contributed by atoms with Gasteiger partial charge in [-0.1, -0.05) is 19.6 Å². The van der Waals surface area contributed by atoms with E-state index >= 15 is 0 Å². The molecule has 3 rings (SSSR count). The van der Waals surface area contributed by atoms with E-state index in [1.54, 1.807) is 19.9 Å². The normalized spacial score (nSPS) is 38.9. The van der Waals surface area contributed by atoms with Crippen LogP contribution in [0.3, 0.4) is 0 Å². The fourth-order valence-corrected chi connectivity index (χ4v) is 3.74. The molecule has 3 aliphatic heterocycles. The summed E-state index contributed by atoms with van der Waals surface area (Å²) in [4.78, 5) is 37.1. The van der Waals surface area contributed by atoms with Crippen LogP contribution in [-0.2, 0) is 28.6 Å². The van der Waals surface area contributed by atoms with Crippen molar-refractivity contribution in [1.82, 2.24) is 0 Å². The Balaban J connectivity index is 2.08. The Morgan fingerprint density at radius 1 is 1.44 bits per heavy atom. The number of ketones is 1. The molecule has 0 amide bonds. The molecule has 0 unspecified atom stereocenters. The average Bonchev–Trinajstić information content (AvgIpc) is 3.08. The maximum Gasteiger partial charge on any atom is 0.334 e. The smallest absolute Gasteiger partial charge is 0.334 e. The lowest BCUT2D eigenvalue weighted by Gasteiger charge is -2.36. The van der Waals surface area contributed by atoms with Gasteiger partial charge in [-0.3, -0.25) is 4.79 Å². The SMILES string of the molecule is C=C1C(=O)O[C@H]2C[C@@H](C)C3=CC(=O)[C@](C)(O3)[C@H](O)[C@@H](OC(=O)/C(C)=C\C)[C@@H]12. The third-order valence-electron chi connectivity index (χ3n) is 5.72. The Kier molecular flexibility index (Phi) is 4.76. The molecule has 2 saturated heterocycles. The molecule has 3 heterocycles. The largest absolute Gasteiger partial charge is 0.480 e. The second-order valence-electron chi connectivity index (χ2n) is 7.54. The van der Waals surface area contributed by atoms with E-state index in [1.165, 1.54) is 13.0 Å². The molecule has 7 nitrogen and oxygen atoms in total. The van der Waals surface area contributed by atoms with E-state index in [9.17, 15) is 19.5 Å². The van der Waals surface area contributed by atoms with Crippen LogP contribution in [-0.4, -0.2) is 46.7 Å². The van der Waals surface area contributed by atoms with Crippen LogP contribution < -0.4 is 0 Å². The van der Waals surface area contributed by atoms with Crippen molar-refractivity contribution in [3.05, 3.63) is 35.6 Å². The van der Waals surface area contributed by atoms with Gasteiger partial charge in [0.05, 0.1) is 5.92 Å². The Bertz CT molecular complexity index is 777. The second-order valence-corrected chi connectivity index (χ2v) is 7.54. The molecule has 2 fully saturated rings. The molecule has 1 N–H and O–H groups in total. The first-order valence-corrected chi connectivity index (χ1v) is 8.97. The maximum absolute atomic E-state index is 12.6. The third kappa shape index (κ3) is 3.00. The van der Waals surface area contributed by atoms with Crippen LogP contribution in [0.4, 0.5) is 0 Å². The molecule has 0 spiro atoms. The van der Waals surface area contributed by atoms with Crippen LogP contribution >= 0.6 is 0 Å². The van der Waals surface area contributed by atoms with Gasteiger partial charge in [0.15, 0.2) is 5.60 Å². The number of aliphatic hydroxyl groups excluding tert-OH is 1. The lowest BCUT2D eigenvalue weighted by molar-refractivity contribution is -0.176. The summed E-state index contributed by atoms with van der Waals surface area (Å²) in [6.07, 6.45) is -0.0718. The van der Waals surface area contributed by atoms with Crippen molar-refractivity contribution in [2.45, 2.75) is 58.0 Å². The zero-order chi connectivity index (χ0) is 20.1. The van der Waals surface area contributed by atoms with E-state index in [0.29, 0.717) is 17.8 Å². The minimum atomic E-state index is -1.61. The van der Waals surface area contributed by atoms with Crippen LogP contribution in [0.15, 0.2) is 35.6 Å². The van der Waals surface area contributed by atoms with Crippen LogP contribution in [0.5, 0.6) is 0 Å². The topological polar surface area (TPSA) is 99.1 Å². The molecular formula is C20H24O7. The quantitative estimate of drug-likeness (QED) is 0.577. The first-order chi connectivity index (χ1) is 12.6. The highest BCUT2D eigenvalue weighted by atomic mass is 16.6. The zero-order valence-electron chi connectivity index (χ0n) is 15.9. The predicted molar refractivity (Wildman–Crippen MR) is 94.2 cm³/mol. The molecule has 7 heteroatoms. The standard InChI is InChI=1S/C20H24O7/c1-6-9(2)18(23)26-16-15-11(4)19(24)25-13(15)7-10(3)12-8-14(21)20(5,27-12)17(16)22/h6,8,10,13,15-17,22H,4,7H2,1-3,5H3/b9-6-/t10-,13+,15+,16+,17-,20+/m1/s1. The summed E-state index contributed by atoms with van der Waals surface area (Å²) < 4.78 is 16.8. The predicted octanol–water partition coefficient (Wildman–Crippen LogP) is 1.60. The van der Waals surface area contributed by atoms with Gasteiger partial charge in [0.1, 0.15) is 24.1 Å². The van der Waals surface area contributed by atoms with Crippen molar-refractivity contribution >= 4 is 17.7 Å². The number of hydrogen-bond acceptors (Lipinski definition) is 7. The maximum atomic E-state index is 12.6. The number of allylic oxidation sites excluding steroid dienone is 2. The molecule has 146 valence electrons. The second kappa shape index (κ2) is 6.64. The number of fused-ring (bicyclic) bond motifs is 3. The number of hydrogen-bond donors (Lipinski definition) is 1. The number of carbonyl (C=O) groups is 3. The van der Waals surface area contributed by atoms with Crippen molar-refractivity contribution < 1.29 is 33.7 Å². The Labute approximate surface area is 157 Å². The highest BCUT2D eigenvalue weighted by Gasteiger charge is 2.58. The molecule has 0 radical (unpaired) electrons. The zero-order valence-corrected chi connectivity index (χ0v) is 15.9. The van der Waals surface area contributed by atoms with Gasteiger partial charge in [-0.15, -0.1) is 0 Å². The van der Waals surface area contributed by atoms with Crippen molar-refractivity contribution in [2.24, 2.45) is 11.8 Å². The summed E-state index contributed by atoms with van der Waals surface area (Å²) in [6, 6.07) is 0. The summed E-state index contributed by atoms with van der Waals surface area (Å²) in [5.41, 5.74) is -1.16. The molecule has 0 saturated carbocycles. The lowest BCUT2D eigenvalue weighted by Crippen LogP contribution is -2.55. The van der Waals surface area contributed by atoms with Crippen LogP contribution in [0.1, 0.15) is 34.1 Å². The molecule has 0 aromatic rings. The summed E-state index contributed by atoms with van der Waals surface area (Å²) >= 11 is 0. The van der Waals surface area contributed by atoms with Crippen molar-refractivity contribution in [2.75, 3.05) is 0 Å². The summed E-state index contributed by atoms with van der Waals surface area (Å²) in [5.74, 6) is -2.22. The van der Waals surface area contributed by atoms with Gasteiger partial charge >= 0.3 is 11.9 Å². The Morgan fingerprint density at radius 2 is 2.11 bits per heavy atom. The monoisotopic (exact) mass is 376 g/mol. The lowest BCUT2D eigenvalue weighted by atomic mass is 9.78. The first-order valence-electron chi connectivity index (χ1n) is 8.97. The van der Waals surface area contributed by atoms with Gasteiger partial charge in [-0.25, -0.2) is 9.59 Å². The number of rotatable bonds is 2. The number of esters is 2. The molecule has 6 atom stereocenters. The Hall–Kier alpha value is -2.41. The highest BCUT2D eigenvalue weighted by molar-refractivity contribution is 6.00. The van der Waals surface area contributed by atoms with Gasteiger partial charge in [-0.05, 0) is 27.2 Å². The molecule has 3 aliphatic rings. The molecular weight excluding hydrogens is 352 g/mol. The van der Waals surface area contributed by atoms with Gasteiger partial charge < -0.3 is 19.3 Å². The Morgan fingerprint density at radius 3 is 2.74 bits per heavy atom. The molecule has 0 aliphatic carbocycles. The summed E-state index contributed by atoms with van der Waals surface area (Å²) in [5, 5.41) is 11.1. The van der Waals surface area contributed by atoms with E-state index in [4.69, 9.17) is 14.2 Å². The number of aliphatic hydroxyl groups is 1. The van der Waals surface area contributed by atoms with Crippen molar-refractivity contribution in [3.63, 3.8) is 0 Å². The van der Waals surface area contributed by atoms with Gasteiger partial charge in [0.2, 0.25) is 5.78 Å². The fraction of sp³-hybridized carbons (Fsp3) is 0.550. The highest BCUT2D eigenvalue weighted by Crippen LogP contribution is 2.44. The number of carbonyl (C=O) groups excluding carboxylic acids is 3.